The molecule has 0 spiro atoms. The summed E-state index contributed by atoms with van der Waals surface area (Å²) in [6.45, 7) is 24.3. The third kappa shape index (κ3) is 23.9. The number of ketones is 2. The Bertz CT molecular complexity index is 2640. The van der Waals surface area contributed by atoms with Crippen LogP contribution in [-0.2, 0) is 50.3 Å². The third-order valence-corrected chi connectivity index (χ3v) is 31.6. The summed E-state index contributed by atoms with van der Waals surface area (Å²) in [5, 5.41) is 30.4. The van der Waals surface area contributed by atoms with Gasteiger partial charge in [0.05, 0.1) is 66.7 Å². The zero-order valence-electron chi connectivity index (χ0n) is 50.2. The number of nitriles is 1. The topological polar surface area (TPSA) is 169 Å². The molecule has 2 unspecified atom stereocenters. The van der Waals surface area contributed by atoms with E-state index in [-0.39, 0.29) is 82.0 Å². The summed E-state index contributed by atoms with van der Waals surface area (Å²) in [5.41, 5.74) is 0. The number of nitrogens with zero attached hydrogens (tertiary/aromatic N) is 1. The van der Waals surface area contributed by atoms with Gasteiger partial charge in [0, 0.05) is 50.8 Å². The van der Waals surface area contributed by atoms with Crippen molar-refractivity contribution >= 4 is 130 Å². The van der Waals surface area contributed by atoms with Crippen molar-refractivity contribution < 1.29 is 47.7 Å². The van der Waals surface area contributed by atoms with E-state index in [0.29, 0.717) is 24.3 Å². The van der Waals surface area contributed by atoms with Crippen LogP contribution in [-0.4, -0.2) is 134 Å². The molecule has 0 bridgehead atoms. The first kappa shape index (κ1) is 73.5. The fourth-order valence-corrected chi connectivity index (χ4v) is 18.1. The molecule has 2 aliphatic carbocycles. The number of aryl methyl sites for hydroxylation is 2. The first-order valence-corrected chi connectivity index (χ1v) is 40.0. The highest BCUT2D eigenvalue weighted by Crippen LogP contribution is 2.44. The maximum absolute atomic E-state index is 13.6. The van der Waals surface area contributed by atoms with Crippen LogP contribution in [0, 0.1) is 23.2 Å². The number of esters is 2. The van der Waals surface area contributed by atoms with Gasteiger partial charge in [-0.15, -0.1) is 46.2 Å². The number of benzene rings is 2. The number of Topliss-reactive ketones (excluding diaryl/α,β-unsaturated/α-hetero) is 2. The Morgan fingerprint density at radius 3 is 1.65 bits per heavy atom. The number of hydrogen-bond donors (Lipinski definition) is 2. The summed E-state index contributed by atoms with van der Waals surface area (Å²) in [6, 6.07) is 23.1. The molecule has 19 heteroatoms. The number of thiophene rings is 2. The molecule has 6 rings (SSSR count). The van der Waals surface area contributed by atoms with Gasteiger partial charge in [-0.05, 0) is 133 Å². The summed E-state index contributed by atoms with van der Waals surface area (Å²) in [4.78, 5) is 51.1. The number of rotatable bonds is 28. The van der Waals surface area contributed by atoms with Gasteiger partial charge in [0.1, 0.15) is 11.6 Å². The molecule has 82 heavy (non-hydrogen) atoms. The molecule has 8 atom stereocenters. The second-order valence-electron chi connectivity index (χ2n) is 23.6. The van der Waals surface area contributed by atoms with E-state index in [0.717, 1.165) is 55.1 Å². The number of fused-ring (bicyclic) bond motifs is 2. The average molecular weight is 1280 g/mol. The molecule has 2 heterocycles. The zero-order valence-corrected chi connectivity index (χ0v) is 57.1. The molecule has 0 amide bonds. The molecular formula is C63H95NO10S6Si2. The fraction of sp³-hybridized carbons (Fsp3) is 0.603. The van der Waals surface area contributed by atoms with Gasteiger partial charge in [-0.2, -0.15) is 28.8 Å². The van der Waals surface area contributed by atoms with Crippen molar-refractivity contribution in [2.24, 2.45) is 11.8 Å². The van der Waals surface area contributed by atoms with Crippen molar-refractivity contribution in [3.63, 3.8) is 0 Å². The van der Waals surface area contributed by atoms with E-state index in [4.69, 9.17) is 18.9 Å². The molecule has 0 aliphatic heterocycles. The number of ether oxygens (including phenoxy) is 2. The lowest BCUT2D eigenvalue weighted by Gasteiger charge is -2.40. The van der Waals surface area contributed by atoms with E-state index in [1.54, 1.807) is 58.8 Å². The molecule has 2 aromatic heterocycles. The van der Waals surface area contributed by atoms with Gasteiger partial charge in [-0.1, -0.05) is 110 Å². The van der Waals surface area contributed by atoms with Gasteiger partial charge in [0.15, 0.2) is 16.6 Å². The van der Waals surface area contributed by atoms with Crippen molar-refractivity contribution in [1.82, 2.24) is 0 Å². The van der Waals surface area contributed by atoms with Crippen LogP contribution in [0.25, 0.3) is 20.2 Å². The minimum absolute atomic E-state index is 0. The molecule has 0 saturated heterocycles. The maximum atomic E-state index is 13.6. The second-order valence-corrected chi connectivity index (χ2v) is 40.1. The molecular weight excluding hydrogens is 1180 g/mol. The van der Waals surface area contributed by atoms with Crippen LogP contribution in [0.2, 0.25) is 36.3 Å². The van der Waals surface area contributed by atoms with Crippen molar-refractivity contribution in [3.05, 3.63) is 94.7 Å². The van der Waals surface area contributed by atoms with Crippen molar-refractivity contribution in [1.29, 1.82) is 5.26 Å². The van der Waals surface area contributed by atoms with Crippen LogP contribution in [0.5, 0.6) is 0 Å². The summed E-state index contributed by atoms with van der Waals surface area (Å²) in [7, 11) is -1.34. The van der Waals surface area contributed by atoms with Crippen molar-refractivity contribution in [2.75, 3.05) is 48.7 Å². The van der Waals surface area contributed by atoms with Crippen LogP contribution in [0.4, 0.5) is 0 Å². The lowest BCUT2D eigenvalue weighted by atomic mass is 10.0. The van der Waals surface area contributed by atoms with Gasteiger partial charge in [0.2, 0.25) is 0 Å². The average Bonchev–Trinajstić information content (AvgIpc) is 4.26. The monoisotopic (exact) mass is 1270 g/mol. The number of methoxy groups -OCH3 is 2. The molecule has 2 saturated carbocycles. The Labute approximate surface area is 518 Å². The van der Waals surface area contributed by atoms with E-state index in [2.05, 4.69) is 133 Å². The van der Waals surface area contributed by atoms with Crippen LogP contribution in [0.3, 0.4) is 0 Å². The lowest BCUT2D eigenvalue weighted by molar-refractivity contribution is -0.138. The minimum atomic E-state index is -2.09. The van der Waals surface area contributed by atoms with Gasteiger partial charge in [-0.25, -0.2) is 0 Å². The van der Waals surface area contributed by atoms with Gasteiger partial charge < -0.3 is 28.5 Å². The molecule has 456 valence electrons. The van der Waals surface area contributed by atoms with Crippen molar-refractivity contribution in [2.45, 2.75) is 178 Å². The van der Waals surface area contributed by atoms with E-state index in [1.165, 1.54) is 62.8 Å². The Morgan fingerprint density at radius 2 is 1.17 bits per heavy atom. The Hall–Kier alpha value is -2.72. The minimum Gasteiger partial charge on any atom is -0.468 e. The first-order valence-electron chi connectivity index (χ1n) is 28.2. The highest BCUT2D eigenvalue weighted by Gasteiger charge is 2.48. The molecule has 2 aromatic carbocycles. The number of hydrogen-bond acceptors (Lipinski definition) is 17. The fourth-order valence-electron chi connectivity index (χ4n) is 8.69. The predicted octanol–water partition coefficient (Wildman–Crippen LogP) is 15.4. The van der Waals surface area contributed by atoms with Gasteiger partial charge in [0.25, 0.3) is 0 Å². The smallest absolute Gasteiger partial charge is 0.315 e. The number of aliphatic hydroxyl groups excluding tert-OH is 2. The standard InChI is InChI=1S/C36H58O5S3Si2.C24H30O5S3.C2H3N.CH4/c1-35(2,3)45(8,9)40-27(17-19-28-23-26-15-12-13-16-32(26)44-28)18-20-29-31(41-46(10,11)36(4,5)6)24-30(37)34(29)43-22-14-21-42-25-33(38)39-7;1-29-23(28)15-30-11-4-12-31-24-19(20(26)14-21(24)27)10-8-17(25)7-9-18-13-16-5-2-3-6-22(16)32-18;1-2-3;/h12-13,15-16,18,20,23,27,29,31,34H,14,17,19,21-22,24-25H2,1-11H3;2-3,5-6,8,10,13,17,19-20,24-26H,4,7,9,11-12,14-15H2,1H3;1H3;1H4/b20-18+;10-8+;;/t27?,29-,31+,34+;17?,19-,20+,24+;;/m00../s1. The van der Waals surface area contributed by atoms with E-state index in [9.17, 15) is 29.4 Å². The highest BCUT2D eigenvalue weighted by molar-refractivity contribution is 8.01. The summed E-state index contributed by atoms with van der Waals surface area (Å²) >= 11 is 10.1. The molecule has 11 nitrogen and oxygen atoms in total. The summed E-state index contributed by atoms with van der Waals surface area (Å²) < 4.78 is 26.0. The third-order valence-electron chi connectivity index (χ3n) is 15.3. The van der Waals surface area contributed by atoms with Gasteiger partial charge in [-0.3, -0.25) is 19.2 Å². The lowest BCUT2D eigenvalue weighted by Crippen LogP contribution is -2.45. The Balaban J connectivity index is 0.000000428. The van der Waals surface area contributed by atoms with Crippen LogP contribution < -0.4 is 0 Å². The van der Waals surface area contributed by atoms with Crippen molar-refractivity contribution in [3.8, 4) is 6.07 Å². The molecule has 0 radical (unpaired) electrons. The number of thioether (sulfide) groups is 4. The maximum Gasteiger partial charge on any atom is 0.315 e. The molecule has 2 N–H and O–H groups in total. The van der Waals surface area contributed by atoms with Crippen LogP contribution in [0.15, 0.2) is 85.0 Å². The normalized spacial score (nSPS) is 20.3. The largest absolute Gasteiger partial charge is 0.468 e. The first-order chi connectivity index (χ1) is 38.2. The van der Waals surface area contributed by atoms with Crippen LogP contribution in [0.1, 0.15) is 104 Å². The highest BCUT2D eigenvalue weighted by atomic mass is 32.2. The number of carbonyl (C=O) groups is 4. The SMILES string of the molecule is C.CC#N.COC(=O)CSCCCS[C@H]1C(=O)C[C@@H](O)[C@@H]1/C=C/C(O)CCc1cc2ccccc2s1.COC(=O)CSCCCS[C@H]1C(=O)C[C@@H](O[Si](C)(C)C(C)(C)C)[C@@H]1/C=C/C(CCc1cc2ccccc2s1)O[Si](C)(C)C(C)(C)C. The summed E-state index contributed by atoms with van der Waals surface area (Å²) in [6.07, 6.45) is 12.4. The van der Waals surface area contributed by atoms with E-state index in [1.807, 2.05) is 29.5 Å². The predicted molar refractivity (Wildman–Crippen MR) is 359 cm³/mol. The molecule has 2 fully saturated rings. The van der Waals surface area contributed by atoms with E-state index >= 15 is 0 Å². The quantitative estimate of drug-likeness (QED) is 0.0238. The summed E-state index contributed by atoms with van der Waals surface area (Å²) in [5.74, 6) is 3.73. The van der Waals surface area contributed by atoms with Gasteiger partial charge >= 0.3 is 11.9 Å². The number of carbonyl (C=O) groups excluding carboxylic acids is 4. The molecule has 2 aliphatic rings. The van der Waals surface area contributed by atoms with E-state index < -0.39 is 28.8 Å². The van der Waals surface area contributed by atoms with Crippen LogP contribution >= 0.6 is 69.7 Å². The second kappa shape index (κ2) is 35.8. The Morgan fingerprint density at radius 1 is 0.720 bits per heavy atom. The molecule has 4 aromatic rings. The number of aliphatic hydroxyl groups is 2. The Kier molecular flexibility index (Phi) is 32.1. The zero-order chi connectivity index (χ0) is 60.0.